The van der Waals surface area contributed by atoms with Crippen LogP contribution in [0.15, 0.2) is 0 Å². The first-order valence-electron chi connectivity index (χ1n) is 8.18. The van der Waals surface area contributed by atoms with E-state index in [4.69, 9.17) is 0 Å². The third-order valence-electron chi connectivity index (χ3n) is 5.13. The molecule has 0 aromatic heterocycles. The third-order valence-corrected chi connectivity index (χ3v) is 5.13. The van der Waals surface area contributed by atoms with Gasteiger partial charge >= 0.3 is 0 Å². The molecule has 2 fully saturated rings. The van der Waals surface area contributed by atoms with E-state index in [9.17, 15) is 5.11 Å². The molecule has 0 bridgehead atoms. The Bertz CT molecular complexity index is 237. The Morgan fingerprint density at radius 1 is 1.00 bits per heavy atom. The molecule has 0 saturated heterocycles. The van der Waals surface area contributed by atoms with E-state index in [0.717, 1.165) is 18.4 Å². The van der Waals surface area contributed by atoms with Gasteiger partial charge in [-0.15, -0.1) is 0 Å². The molecule has 18 heavy (non-hydrogen) atoms. The van der Waals surface area contributed by atoms with Gasteiger partial charge in [0.2, 0.25) is 0 Å². The molecule has 0 spiro atoms. The minimum Gasteiger partial charge on any atom is -0.393 e. The van der Waals surface area contributed by atoms with Crippen molar-refractivity contribution in [2.75, 3.05) is 13.1 Å². The van der Waals surface area contributed by atoms with Crippen LogP contribution in [0.1, 0.15) is 65.2 Å². The van der Waals surface area contributed by atoms with Crippen LogP contribution in [0.4, 0.5) is 0 Å². The molecule has 2 rings (SSSR count). The number of aliphatic hydroxyl groups excluding tert-OH is 1. The minimum absolute atomic E-state index is 0.00310. The monoisotopic (exact) mass is 253 g/mol. The quantitative estimate of drug-likeness (QED) is 0.811. The highest BCUT2D eigenvalue weighted by molar-refractivity contribution is 4.91. The molecule has 2 aliphatic carbocycles. The van der Waals surface area contributed by atoms with Gasteiger partial charge in [0.1, 0.15) is 0 Å². The van der Waals surface area contributed by atoms with Crippen LogP contribution in [0.25, 0.3) is 0 Å². The molecule has 1 N–H and O–H groups in total. The summed E-state index contributed by atoms with van der Waals surface area (Å²) in [6.45, 7) is 7.05. The lowest BCUT2D eigenvalue weighted by atomic mass is 9.68. The summed E-state index contributed by atoms with van der Waals surface area (Å²) in [5, 5.41) is 10.2. The molecule has 0 amide bonds. The fourth-order valence-electron chi connectivity index (χ4n) is 4.26. The molecule has 0 aromatic rings. The Hall–Kier alpha value is -0.0800. The molecule has 106 valence electrons. The smallest absolute Gasteiger partial charge is 0.0571 e. The van der Waals surface area contributed by atoms with Gasteiger partial charge < -0.3 is 10.0 Å². The summed E-state index contributed by atoms with van der Waals surface area (Å²) in [6.07, 6.45) is 10.2. The van der Waals surface area contributed by atoms with Crippen LogP contribution < -0.4 is 0 Å². The predicted octanol–water partition coefficient (Wildman–Crippen LogP) is 3.44. The van der Waals surface area contributed by atoms with E-state index in [1.807, 2.05) is 0 Å². The fraction of sp³-hybridized carbons (Fsp3) is 1.00. The average Bonchev–Trinajstić information content (AvgIpc) is 2.39. The topological polar surface area (TPSA) is 23.5 Å². The fourth-order valence-corrected chi connectivity index (χ4v) is 4.26. The van der Waals surface area contributed by atoms with Crippen molar-refractivity contribution in [1.82, 2.24) is 4.90 Å². The summed E-state index contributed by atoms with van der Waals surface area (Å²) in [7, 11) is 0. The number of fused-ring (bicyclic) bond motifs is 1. The lowest BCUT2D eigenvalue weighted by Gasteiger charge is -2.45. The Morgan fingerprint density at radius 3 is 2.39 bits per heavy atom. The summed E-state index contributed by atoms with van der Waals surface area (Å²) >= 11 is 0. The zero-order chi connectivity index (χ0) is 13.0. The van der Waals surface area contributed by atoms with E-state index in [2.05, 4.69) is 18.7 Å². The lowest BCUT2D eigenvalue weighted by molar-refractivity contribution is -0.0177. The zero-order valence-electron chi connectivity index (χ0n) is 12.3. The van der Waals surface area contributed by atoms with Crippen LogP contribution >= 0.6 is 0 Å². The van der Waals surface area contributed by atoms with Gasteiger partial charge in [-0.05, 0) is 69.9 Å². The van der Waals surface area contributed by atoms with Crippen LogP contribution in [-0.2, 0) is 0 Å². The largest absolute Gasteiger partial charge is 0.393 e. The highest BCUT2D eigenvalue weighted by atomic mass is 16.3. The first kappa shape index (κ1) is 14.3. The van der Waals surface area contributed by atoms with Gasteiger partial charge in [0.15, 0.2) is 0 Å². The number of nitrogens with zero attached hydrogens (tertiary/aromatic N) is 1. The van der Waals surface area contributed by atoms with Gasteiger partial charge in [-0.25, -0.2) is 0 Å². The molecular formula is C16H31NO. The molecule has 4 unspecified atom stereocenters. The summed E-state index contributed by atoms with van der Waals surface area (Å²) in [4.78, 5) is 2.69. The maximum absolute atomic E-state index is 10.2. The maximum atomic E-state index is 10.2. The second-order valence-electron chi connectivity index (χ2n) is 6.43. The highest BCUT2D eigenvalue weighted by Gasteiger charge is 2.38. The number of hydrogen-bond donors (Lipinski definition) is 1. The van der Waals surface area contributed by atoms with E-state index in [1.54, 1.807) is 0 Å². The molecule has 2 nitrogen and oxygen atoms in total. The van der Waals surface area contributed by atoms with Gasteiger partial charge in [-0.3, -0.25) is 0 Å². The molecule has 2 saturated carbocycles. The van der Waals surface area contributed by atoms with Gasteiger partial charge in [0, 0.05) is 6.04 Å². The first-order valence-corrected chi connectivity index (χ1v) is 8.18. The van der Waals surface area contributed by atoms with Crippen molar-refractivity contribution in [1.29, 1.82) is 0 Å². The van der Waals surface area contributed by atoms with Crippen molar-refractivity contribution in [3.63, 3.8) is 0 Å². The van der Waals surface area contributed by atoms with E-state index in [1.165, 1.54) is 58.0 Å². The second kappa shape index (κ2) is 6.91. The average molecular weight is 253 g/mol. The second-order valence-corrected chi connectivity index (χ2v) is 6.43. The van der Waals surface area contributed by atoms with Crippen LogP contribution in [-0.4, -0.2) is 35.2 Å². The normalized spacial score (nSPS) is 36.7. The van der Waals surface area contributed by atoms with Crippen LogP contribution in [0, 0.1) is 11.8 Å². The zero-order valence-corrected chi connectivity index (χ0v) is 12.3. The molecule has 4 atom stereocenters. The van der Waals surface area contributed by atoms with E-state index < -0.39 is 0 Å². The van der Waals surface area contributed by atoms with Crippen molar-refractivity contribution in [3.05, 3.63) is 0 Å². The molecule has 2 aliphatic rings. The summed E-state index contributed by atoms with van der Waals surface area (Å²) in [5.41, 5.74) is 0. The number of rotatable bonds is 5. The summed E-state index contributed by atoms with van der Waals surface area (Å²) in [6, 6.07) is 0.749. The SMILES string of the molecule is CCCN(CCC)C1CCC2CCCC(O)C2C1. The standard InChI is InChI=1S/C16H31NO/c1-3-10-17(11-4-2)14-9-8-13-6-5-7-16(18)15(13)12-14/h13-16,18H,3-12H2,1-2H3. The highest BCUT2D eigenvalue weighted by Crippen LogP contribution is 2.41. The van der Waals surface area contributed by atoms with Crippen molar-refractivity contribution >= 4 is 0 Å². The predicted molar refractivity (Wildman–Crippen MR) is 76.6 cm³/mol. The molecule has 2 heteroatoms. The molecule has 0 radical (unpaired) electrons. The van der Waals surface area contributed by atoms with Crippen molar-refractivity contribution < 1.29 is 5.11 Å². The number of hydrogen-bond acceptors (Lipinski definition) is 2. The minimum atomic E-state index is -0.00310. The first-order chi connectivity index (χ1) is 8.76. The van der Waals surface area contributed by atoms with Crippen LogP contribution in [0.5, 0.6) is 0 Å². The van der Waals surface area contributed by atoms with Crippen molar-refractivity contribution in [2.45, 2.75) is 77.4 Å². The third kappa shape index (κ3) is 3.27. The summed E-state index contributed by atoms with van der Waals surface area (Å²) in [5.74, 6) is 1.43. The van der Waals surface area contributed by atoms with Crippen molar-refractivity contribution in [3.8, 4) is 0 Å². The summed E-state index contributed by atoms with van der Waals surface area (Å²) < 4.78 is 0. The maximum Gasteiger partial charge on any atom is 0.0571 e. The Balaban J connectivity index is 1.94. The Labute approximate surface area is 113 Å². The van der Waals surface area contributed by atoms with E-state index >= 15 is 0 Å². The lowest BCUT2D eigenvalue weighted by Crippen LogP contribution is -2.46. The van der Waals surface area contributed by atoms with Crippen LogP contribution in [0.2, 0.25) is 0 Å². The molecular weight excluding hydrogens is 222 g/mol. The van der Waals surface area contributed by atoms with Gasteiger partial charge in [-0.1, -0.05) is 20.3 Å². The van der Waals surface area contributed by atoms with Gasteiger partial charge in [-0.2, -0.15) is 0 Å². The van der Waals surface area contributed by atoms with Crippen LogP contribution in [0.3, 0.4) is 0 Å². The molecule has 0 aromatic carbocycles. The van der Waals surface area contributed by atoms with Gasteiger partial charge in [0.05, 0.1) is 6.10 Å². The Morgan fingerprint density at radius 2 is 1.72 bits per heavy atom. The van der Waals surface area contributed by atoms with E-state index in [-0.39, 0.29) is 6.10 Å². The molecule has 0 heterocycles. The van der Waals surface area contributed by atoms with Crippen molar-refractivity contribution in [2.24, 2.45) is 11.8 Å². The van der Waals surface area contributed by atoms with E-state index in [0.29, 0.717) is 5.92 Å². The number of aliphatic hydroxyl groups is 1. The van der Waals surface area contributed by atoms with Gasteiger partial charge in [0.25, 0.3) is 0 Å². The molecule has 0 aliphatic heterocycles. The Kier molecular flexibility index (Phi) is 5.50.